The Balaban J connectivity index is 1.46. The van der Waals surface area contributed by atoms with Crippen LogP contribution in [-0.4, -0.2) is 0 Å². The summed E-state index contributed by atoms with van der Waals surface area (Å²) in [5, 5.41) is 0. The Bertz CT molecular complexity index is 261. The standard InChI is InChI=1S/C20H38/c1-17(2)8-6-10-18(3)9-4-5-11-19-12-7-13-20(16-19)14-15-20/h17-19H,4-16H2,1-3H3. The summed E-state index contributed by atoms with van der Waals surface area (Å²) in [6.07, 6.45) is 19.7. The van der Waals surface area contributed by atoms with Gasteiger partial charge in [0.2, 0.25) is 0 Å². The molecule has 2 aliphatic rings. The molecule has 0 N–H and O–H groups in total. The zero-order valence-corrected chi connectivity index (χ0v) is 14.4. The van der Waals surface area contributed by atoms with Crippen molar-refractivity contribution < 1.29 is 0 Å². The lowest BCUT2D eigenvalue weighted by Gasteiger charge is -2.29. The van der Waals surface area contributed by atoms with Crippen LogP contribution in [0.2, 0.25) is 0 Å². The molecule has 0 nitrogen and oxygen atoms in total. The van der Waals surface area contributed by atoms with Crippen LogP contribution in [0, 0.1) is 23.2 Å². The number of rotatable bonds is 9. The van der Waals surface area contributed by atoms with Crippen molar-refractivity contribution >= 4 is 0 Å². The van der Waals surface area contributed by atoms with E-state index in [4.69, 9.17) is 0 Å². The molecule has 2 unspecified atom stereocenters. The van der Waals surface area contributed by atoms with E-state index >= 15 is 0 Å². The molecule has 2 saturated carbocycles. The Kier molecular flexibility index (Phi) is 6.43. The Morgan fingerprint density at radius 1 is 0.900 bits per heavy atom. The fourth-order valence-corrected chi connectivity index (χ4v) is 4.40. The molecule has 2 atom stereocenters. The molecule has 2 fully saturated rings. The molecule has 2 rings (SSSR count). The first kappa shape index (κ1) is 16.4. The molecule has 0 bridgehead atoms. The SMILES string of the molecule is CC(C)CCCC(C)CCCCC1CCCC2(CC2)C1. The first-order valence-corrected chi connectivity index (χ1v) is 9.60. The van der Waals surface area contributed by atoms with Crippen LogP contribution < -0.4 is 0 Å². The lowest BCUT2D eigenvalue weighted by molar-refractivity contribution is 0.231. The van der Waals surface area contributed by atoms with Gasteiger partial charge in [0.05, 0.1) is 0 Å². The van der Waals surface area contributed by atoms with Crippen LogP contribution in [0.4, 0.5) is 0 Å². The van der Waals surface area contributed by atoms with Crippen LogP contribution in [-0.2, 0) is 0 Å². The average Bonchev–Trinajstić information content (AvgIpc) is 3.13. The van der Waals surface area contributed by atoms with Gasteiger partial charge in [0, 0.05) is 0 Å². The highest BCUT2D eigenvalue weighted by Crippen LogP contribution is 2.58. The van der Waals surface area contributed by atoms with E-state index in [2.05, 4.69) is 20.8 Å². The molecule has 118 valence electrons. The minimum absolute atomic E-state index is 0.882. The summed E-state index contributed by atoms with van der Waals surface area (Å²) in [7, 11) is 0. The molecule has 0 radical (unpaired) electrons. The van der Waals surface area contributed by atoms with E-state index in [0.717, 1.165) is 23.2 Å². The maximum absolute atomic E-state index is 2.47. The highest BCUT2D eigenvalue weighted by atomic mass is 14.5. The van der Waals surface area contributed by atoms with E-state index in [0.29, 0.717) is 0 Å². The highest BCUT2D eigenvalue weighted by molar-refractivity contribution is 4.96. The van der Waals surface area contributed by atoms with Gasteiger partial charge in [-0.05, 0) is 48.9 Å². The van der Waals surface area contributed by atoms with E-state index in [9.17, 15) is 0 Å². The third-order valence-electron chi connectivity index (χ3n) is 6.04. The molecule has 0 aromatic heterocycles. The third-order valence-corrected chi connectivity index (χ3v) is 6.04. The molecule has 1 spiro atoms. The van der Waals surface area contributed by atoms with E-state index in [1.54, 1.807) is 38.5 Å². The van der Waals surface area contributed by atoms with Crippen molar-refractivity contribution in [2.45, 2.75) is 104 Å². The van der Waals surface area contributed by atoms with Crippen molar-refractivity contribution in [3.63, 3.8) is 0 Å². The molecule has 0 aromatic carbocycles. The fraction of sp³-hybridized carbons (Fsp3) is 1.00. The van der Waals surface area contributed by atoms with Gasteiger partial charge in [0.1, 0.15) is 0 Å². The van der Waals surface area contributed by atoms with Gasteiger partial charge in [-0.2, -0.15) is 0 Å². The lowest BCUT2D eigenvalue weighted by Crippen LogP contribution is -2.16. The summed E-state index contributed by atoms with van der Waals surface area (Å²) >= 11 is 0. The first-order valence-electron chi connectivity index (χ1n) is 9.60. The molecule has 0 saturated heterocycles. The smallest absolute Gasteiger partial charge is 0.0294 e. The highest BCUT2D eigenvalue weighted by Gasteiger charge is 2.45. The van der Waals surface area contributed by atoms with Crippen molar-refractivity contribution in [1.29, 1.82) is 0 Å². The van der Waals surface area contributed by atoms with Gasteiger partial charge in [-0.25, -0.2) is 0 Å². The van der Waals surface area contributed by atoms with Crippen LogP contribution >= 0.6 is 0 Å². The largest absolute Gasteiger partial charge is 0.0628 e. The van der Waals surface area contributed by atoms with Gasteiger partial charge in [0.15, 0.2) is 0 Å². The van der Waals surface area contributed by atoms with Crippen LogP contribution in [0.25, 0.3) is 0 Å². The van der Waals surface area contributed by atoms with Gasteiger partial charge in [-0.3, -0.25) is 0 Å². The zero-order valence-electron chi connectivity index (χ0n) is 14.4. The van der Waals surface area contributed by atoms with Crippen molar-refractivity contribution in [2.75, 3.05) is 0 Å². The van der Waals surface area contributed by atoms with Crippen LogP contribution in [0.5, 0.6) is 0 Å². The minimum Gasteiger partial charge on any atom is -0.0628 e. The van der Waals surface area contributed by atoms with Gasteiger partial charge < -0.3 is 0 Å². The topological polar surface area (TPSA) is 0 Å². The Morgan fingerprint density at radius 2 is 1.65 bits per heavy atom. The number of unbranched alkanes of at least 4 members (excludes halogenated alkanes) is 1. The second kappa shape index (κ2) is 7.85. The molecule has 0 heterocycles. The third kappa shape index (κ3) is 5.78. The maximum atomic E-state index is 2.47. The predicted molar refractivity (Wildman–Crippen MR) is 89.9 cm³/mol. The number of hydrogen-bond donors (Lipinski definition) is 0. The van der Waals surface area contributed by atoms with Crippen molar-refractivity contribution in [2.24, 2.45) is 23.2 Å². The first-order chi connectivity index (χ1) is 9.60. The second-order valence-electron chi connectivity index (χ2n) is 8.68. The summed E-state index contributed by atoms with van der Waals surface area (Å²) in [6.45, 7) is 7.17. The summed E-state index contributed by atoms with van der Waals surface area (Å²) in [6, 6.07) is 0. The van der Waals surface area contributed by atoms with Crippen LogP contribution in [0.3, 0.4) is 0 Å². The molecule has 0 aliphatic heterocycles. The molecule has 20 heavy (non-hydrogen) atoms. The van der Waals surface area contributed by atoms with E-state index < -0.39 is 0 Å². The van der Waals surface area contributed by atoms with E-state index in [1.807, 2.05) is 0 Å². The Morgan fingerprint density at radius 3 is 2.35 bits per heavy atom. The van der Waals surface area contributed by atoms with E-state index in [-0.39, 0.29) is 0 Å². The Labute approximate surface area is 128 Å². The molecular weight excluding hydrogens is 240 g/mol. The summed E-state index contributed by atoms with van der Waals surface area (Å²) < 4.78 is 0. The second-order valence-corrected chi connectivity index (χ2v) is 8.68. The van der Waals surface area contributed by atoms with Gasteiger partial charge >= 0.3 is 0 Å². The molecular formula is C20H38. The van der Waals surface area contributed by atoms with Gasteiger partial charge in [0.25, 0.3) is 0 Å². The van der Waals surface area contributed by atoms with Gasteiger partial charge in [-0.15, -0.1) is 0 Å². The van der Waals surface area contributed by atoms with Crippen LogP contribution in [0.1, 0.15) is 104 Å². The summed E-state index contributed by atoms with van der Waals surface area (Å²) in [5.74, 6) is 2.96. The zero-order chi connectivity index (χ0) is 14.4. The minimum atomic E-state index is 0.882. The normalized spacial score (nSPS) is 26.1. The quantitative estimate of drug-likeness (QED) is 0.399. The molecule has 0 aromatic rings. The number of hydrogen-bond acceptors (Lipinski definition) is 0. The maximum Gasteiger partial charge on any atom is -0.0294 e. The van der Waals surface area contributed by atoms with Crippen molar-refractivity contribution in [3.05, 3.63) is 0 Å². The van der Waals surface area contributed by atoms with Crippen molar-refractivity contribution in [3.8, 4) is 0 Å². The fourth-order valence-electron chi connectivity index (χ4n) is 4.40. The molecule has 0 heteroatoms. The lowest BCUT2D eigenvalue weighted by atomic mass is 9.77. The summed E-state index contributed by atoms with van der Waals surface area (Å²) in [5.41, 5.74) is 0.882. The summed E-state index contributed by atoms with van der Waals surface area (Å²) in [4.78, 5) is 0. The molecule has 0 amide bonds. The Hall–Kier alpha value is 0. The molecule has 2 aliphatic carbocycles. The van der Waals surface area contributed by atoms with E-state index in [1.165, 1.54) is 44.9 Å². The monoisotopic (exact) mass is 278 g/mol. The van der Waals surface area contributed by atoms with Gasteiger partial charge in [-0.1, -0.05) is 78.6 Å². The predicted octanol–water partition coefficient (Wildman–Crippen LogP) is 6.98. The average molecular weight is 279 g/mol. The van der Waals surface area contributed by atoms with Crippen LogP contribution in [0.15, 0.2) is 0 Å². The van der Waals surface area contributed by atoms with Crippen molar-refractivity contribution in [1.82, 2.24) is 0 Å².